The van der Waals surface area contributed by atoms with Gasteiger partial charge in [-0.3, -0.25) is 4.90 Å². The van der Waals surface area contributed by atoms with Crippen molar-refractivity contribution in [2.75, 3.05) is 32.1 Å². The van der Waals surface area contributed by atoms with E-state index in [-0.39, 0.29) is 6.61 Å². The van der Waals surface area contributed by atoms with Gasteiger partial charge in [-0.2, -0.15) is 0 Å². The molecule has 0 aliphatic rings. The van der Waals surface area contributed by atoms with Crippen molar-refractivity contribution in [2.24, 2.45) is 0 Å². The van der Waals surface area contributed by atoms with Crippen molar-refractivity contribution in [1.82, 2.24) is 4.90 Å². The van der Waals surface area contributed by atoms with Crippen LogP contribution < -0.4 is 9.64 Å². The molecule has 0 spiro atoms. The van der Waals surface area contributed by atoms with E-state index < -0.39 is 6.10 Å². The fourth-order valence-electron chi connectivity index (χ4n) is 3.21. The van der Waals surface area contributed by atoms with E-state index in [9.17, 15) is 5.11 Å². The van der Waals surface area contributed by atoms with Gasteiger partial charge >= 0.3 is 0 Å². The number of aliphatic hydroxyl groups is 1. The second kappa shape index (κ2) is 10.1. The van der Waals surface area contributed by atoms with Crippen LogP contribution in [0.5, 0.6) is 5.75 Å². The molecule has 0 saturated carbocycles. The zero-order valence-electron chi connectivity index (χ0n) is 17.4. The summed E-state index contributed by atoms with van der Waals surface area (Å²) in [5.74, 6) is 1.66. The van der Waals surface area contributed by atoms with Crippen LogP contribution in [0.4, 0.5) is 5.69 Å². The zero-order valence-corrected chi connectivity index (χ0v) is 17.4. The third-order valence-corrected chi connectivity index (χ3v) is 4.72. The van der Waals surface area contributed by atoms with Gasteiger partial charge in [0.15, 0.2) is 0 Å². The van der Waals surface area contributed by atoms with E-state index in [0.717, 1.165) is 29.3 Å². The molecule has 29 heavy (non-hydrogen) atoms. The lowest BCUT2D eigenvalue weighted by Gasteiger charge is -2.25. The van der Waals surface area contributed by atoms with Crippen LogP contribution in [0.25, 0.3) is 0 Å². The molecule has 154 valence electrons. The largest absolute Gasteiger partial charge is 0.491 e. The molecular formula is C24H30N2O3. The Labute approximate surface area is 173 Å². The Hall–Kier alpha value is -2.76. The van der Waals surface area contributed by atoms with E-state index in [1.165, 1.54) is 5.56 Å². The van der Waals surface area contributed by atoms with Crippen molar-refractivity contribution < 1.29 is 14.3 Å². The predicted molar refractivity (Wildman–Crippen MR) is 116 cm³/mol. The molecule has 0 aliphatic carbocycles. The summed E-state index contributed by atoms with van der Waals surface area (Å²) < 4.78 is 11.3. The summed E-state index contributed by atoms with van der Waals surface area (Å²) in [7, 11) is 4.06. The average Bonchev–Trinajstić information content (AvgIpc) is 3.20. The minimum absolute atomic E-state index is 0.248. The molecule has 1 atom stereocenters. The number of anilines is 1. The van der Waals surface area contributed by atoms with Gasteiger partial charge in [-0.05, 0) is 54.4 Å². The number of hydrogen-bond donors (Lipinski definition) is 1. The fourth-order valence-corrected chi connectivity index (χ4v) is 3.21. The number of benzene rings is 2. The summed E-state index contributed by atoms with van der Waals surface area (Å²) in [6.45, 7) is 4.11. The van der Waals surface area contributed by atoms with E-state index in [4.69, 9.17) is 9.15 Å². The van der Waals surface area contributed by atoms with Crippen LogP contribution in [0.3, 0.4) is 0 Å². The molecule has 5 heteroatoms. The lowest BCUT2D eigenvalue weighted by molar-refractivity contribution is 0.0604. The van der Waals surface area contributed by atoms with Gasteiger partial charge < -0.3 is 19.2 Å². The monoisotopic (exact) mass is 394 g/mol. The van der Waals surface area contributed by atoms with Gasteiger partial charge in [-0.1, -0.05) is 24.3 Å². The van der Waals surface area contributed by atoms with Crippen LogP contribution in [0.2, 0.25) is 0 Å². The number of ether oxygens (including phenoxy) is 1. The first kappa shape index (κ1) is 21.0. The third-order valence-electron chi connectivity index (χ3n) is 4.72. The Bertz CT molecular complexity index is 860. The molecule has 1 N–H and O–H groups in total. The summed E-state index contributed by atoms with van der Waals surface area (Å²) in [6.07, 6.45) is 1.07. The summed E-state index contributed by atoms with van der Waals surface area (Å²) in [6, 6.07) is 20.2. The number of aryl methyl sites for hydroxylation is 1. The maximum Gasteiger partial charge on any atom is 0.119 e. The van der Waals surface area contributed by atoms with Crippen LogP contribution >= 0.6 is 0 Å². The highest BCUT2D eigenvalue weighted by molar-refractivity contribution is 5.46. The summed E-state index contributed by atoms with van der Waals surface area (Å²) in [4.78, 5) is 4.25. The topological polar surface area (TPSA) is 49.1 Å². The number of rotatable bonds is 10. The molecule has 0 bridgehead atoms. The second-order valence-electron chi connectivity index (χ2n) is 7.59. The second-order valence-corrected chi connectivity index (χ2v) is 7.59. The van der Waals surface area contributed by atoms with Crippen LogP contribution in [0.1, 0.15) is 16.9 Å². The molecule has 1 aromatic heterocycles. The lowest BCUT2D eigenvalue weighted by Crippen LogP contribution is -2.35. The molecule has 0 fully saturated rings. The van der Waals surface area contributed by atoms with Crippen molar-refractivity contribution in [3.8, 4) is 5.75 Å². The first-order valence-electron chi connectivity index (χ1n) is 9.88. The molecule has 5 nitrogen and oxygen atoms in total. The van der Waals surface area contributed by atoms with Gasteiger partial charge in [0.2, 0.25) is 0 Å². The van der Waals surface area contributed by atoms with Gasteiger partial charge in [-0.15, -0.1) is 0 Å². The molecule has 0 aliphatic heterocycles. The smallest absolute Gasteiger partial charge is 0.119 e. The van der Waals surface area contributed by atoms with E-state index in [2.05, 4.69) is 34.1 Å². The zero-order chi connectivity index (χ0) is 20.6. The molecular weight excluding hydrogens is 364 g/mol. The van der Waals surface area contributed by atoms with Gasteiger partial charge in [0, 0.05) is 32.9 Å². The molecule has 0 amide bonds. The fraction of sp³-hybridized carbons (Fsp3) is 0.333. The lowest BCUT2D eigenvalue weighted by atomic mass is 10.1. The Balaban J connectivity index is 1.61. The van der Waals surface area contributed by atoms with Crippen LogP contribution in [-0.2, 0) is 13.1 Å². The Morgan fingerprint density at radius 3 is 2.45 bits per heavy atom. The Morgan fingerprint density at radius 2 is 1.79 bits per heavy atom. The highest BCUT2D eigenvalue weighted by Gasteiger charge is 2.15. The number of hydrogen-bond acceptors (Lipinski definition) is 5. The van der Waals surface area contributed by atoms with E-state index >= 15 is 0 Å². The van der Waals surface area contributed by atoms with Gasteiger partial charge in [0.25, 0.3) is 0 Å². The highest BCUT2D eigenvalue weighted by atomic mass is 16.5. The minimum atomic E-state index is -0.605. The predicted octanol–water partition coefficient (Wildman–Crippen LogP) is 4.10. The Kier molecular flexibility index (Phi) is 7.33. The first-order valence-corrected chi connectivity index (χ1v) is 9.88. The van der Waals surface area contributed by atoms with Crippen molar-refractivity contribution in [3.05, 3.63) is 83.8 Å². The van der Waals surface area contributed by atoms with E-state index in [1.54, 1.807) is 6.26 Å². The Morgan fingerprint density at radius 1 is 1.00 bits per heavy atom. The van der Waals surface area contributed by atoms with Crippen LogP contribution in [0, 0.1) is 6.92 Å². The van der Waals surface area contributed by atoms with Crippen LogP contribution in [-0.4, -0.2) is 43.4 Å². The number of furan rings is 1. The molecule has 1 heterocycles. The molecule has 1 unspecified atom stereocenters. The highest BCUT2D eigenvalue weighted by Crippen LogP contribution is 2.17. The molecule has 2 aromatic carbocycles. The summed E-state index contributed by atoms with van der Waals surface area (Å²) >= 11 is 0. The van der Waals surface area contributed by atoms with E-state index in [1.807, 2.05) is 57.4 Å². The maximum absolute atomic E-state index is 10.6. The quantitative estimate of drug-likeness (QED) is 0.561. The number of nitrogens with zero attached hydrogens (tertiary/aromatic N) is 2. The average molecular weight is 395 g/mol. The van der Waals surface area contributed by atoms with Crippen molar-refractivity contribution in [1.29, 1.82) is 0 Å². The van der Waals surface area contributed by atoms with Crippen molar-refractivity contribution >= 4 is 5.69 Å². The van der Waals surface area contributed by atoms with Crippen molar-refractivity contribution in [3.63, 3.8) is 0 Å². The standard InChI is InChI=1S/C24H30N2O3/c1-19-6-4-7-23(14-19)29-18-22(27)16-26(17-24-8-5-13-28-24)15-20-9-11-21(12-10-20)25(2)3/h4-14,22,27H,15-18H2,1-3H3. The molecule has 0 saturated heterocycles. The SMILES string of the molecule is Cc1cccc(OCC(O)CN(Cc2ccc(N(C)C)cc2)Cc2ccco2)c1. The first-order chi connectivity index (χ1) is 14.0. The van der Waals surface area contributed by atoms with Gasteiger partial charge in [-0.25, -0.2) is 0 Å². The van der Waals surface area contributed by atoms with E-state index in [0.29, 0.717) is 13.1 Å². The molecule has 3 aromatic rings. The van der Waals surface area contributed by atoms with Gasteiger partial charge in [0.05, 0.1) is 12.8 Å². The number of aliphatic hydroxyl groups excluding tert-OH is 1. The molecule has 3 rings (SSSR count). The summed E-state index contributed by atoms with van der Waals surface area (Å²) in [5.41, 5.74) is 3.49. The summed E-state index contributed by atoms with van der Waals surface area (Å²) in [5, 5.41) is 10.6. The van der Waals surface area contributed by atoms with Crippen molar-refractivity contribution in [2.45, 2.75) is 26.1 Å². The third kappa shape index (κ3) is 6.66. The van der Waals surface area contributed by atoms with Crippen LogP contribution in [0.15, 0.2) is 71.3 Å². The normalized spacial score (nSPS) is 12.2. The maximum atomic E-state index is 10.6. The van der Waals surface area contributed by atoms with Gasteiger partial charge in [0.1, 0.15) is 24.2 Å². The molecule has 0 radical (unpaired) electrons. The minimum Gasteiger partial charge on any atom is -0.491 e.